The Morgan fingerprint density at radius 3 is 2.84 bits per heavy atom. The Hall–Kier alpha value is -2.14. The van der Waals surface area contributed by atoms with Crippen LogP contribution in [0.3, 0.4) is 0 Å². The van der Waals surface area contributed by atoms with Gasteiger partial charge in [0.25, 0.3) is 0 Å². The molecule has 132 valence electrons. The number of nitrogens with one attached hydrogen (secondary N) is 1. The molecule has 1 amide bonds. The van der Waals surface area contributed by atoms with Crippen LogP contribution in [0.25, 0.3) is 0 Å². The van der Waals surface area contributed by atoms with Gasteiger partial charge in [0, 0.05) is 31.9 Å². The van der Waals surface area contributed by atoms with Crippen molar-refractivity contribution in [3.8, 4) is 0 Å². The van der Waals surface area contributed by atoms with E-state index >= 15 is 0 Å². The average Bonchev–Trinajstić information content (AvgIpc) is 3.14. The molecule has 1 unspecified atom stereocenters. The Balaban J connectivity index is 1.39. The second-order valence-corrected chi connectivity index (χ2v) is 7.52. The summed E-state index contributed by atoms with van der Waals surface area (Å²) >= 11 is 0. The summed E-state index contributed by atoms with van der Waals surface area (Å²) in [6, 6.07) is 10.4. The van der Waals surface area contributed by atoms with E-state index in [2.05, 4.69) is 27.0 Å². The molecule has 1 saturated heterocycles. The van der Waals surface area contributed by atoms with Crippen molar-refractivity contribution in [2.24, 2.45) is 11.3 Å². The van der Waals surface area contributed by atoms with E-state index in [4.69, 9.17) is 0 Å². The zero-order valence-corrected chi connectivity index (χ0v) is 14.8. The maximum absolute atomic E-state index is 12.8. The van der Waals surface area contributed by atoms with Gasteiger partial charge in [0.1, 0.15) is 5.82 Å². The van der Waals surface area contributed by atoms with E-state index in [1.54, 1.807) is 0 Å². The molecular formula is C20H26N4O. The van der Waals surface area contributed by atoms with Crippen molar-refractivity contribution in [1.82, 2.24) is 19.8 Å². The van der Waals surface area contributed by atoms with Crippen LogP contribution < -0.4 is 5.32 Å². The Kier molecular flexibility index (Phi) is 4.34. The fourth-order valence-corrected chi connectivity index (χ4v) is 4.15. The zero-order valence-electron chi connectivity index (χ0n) is 14.8. The van der Waals surface area contributed by atoms with Crippen LogP contribution in [0.4, 0.5) is 0 Å². The van der Waals surface area contributed by atoms with Crippen molar-refractivity contribution in [2.75, 3.05) is 20.1 Å². The molecule has 5 heteroatoms. The number of amides is 1. The lowest BCUT2D eigenvalue weighted by molar-refractivity contribution is -0.133. The molecule has 2 fully saturated rings. The molecule has 1 N–H and O–H groups in total. The maximum Gasteiger partial charge on any atom is 0.226 e. The number of imidazole rings is 1. The summed E-state index contributed by atoms with van der Waals surface area (Å²) in [5.41, 5.74) is 1.53. The lowest BCUT2D eigenvalue weighted by atomic mass is 9.91. The van der Waals surface area contributed by atoms with Gasteiger partial charge in [-0.1, -0.05) is 30.3 Å². The number of benzene rings is 1. The maximum atomic E-state index is 12.8. The van der Waals surface area contributed by atoms with Crippen LogP contribution in [0.5, 0.6) is 0 Å². The van der Waals surface area contributed by atoms with Gasteiger partial charge in [0.2, 0.25) is 5.91 Å². The summed E-state index contributed by atoms with van der Waals surface area (Å²) < 4.78 is 2.13. The molecule has 2 aromatic rings. The number of rotatable bonds is 5. The second-order valence-electron chi connectivity index (χ2n) is 7.52. The molecule has 25 heavy (non-hydrogen) atoms. The summed E-state index contributed by atoms with van der Waals surface area (Å²) in [5, 5.41) is 3.40. The van der Waals surface area contributed by atoms with Crippen molar-refractivity contribution >= 4 is 5.91 Å². The standard InChI is InChI=1S/C20H26N4O/c1-23(19(25)17-13-20(17)7-9-21-10-8-20)15-18-22-11-12-24(18)14-16-5-3-2-4-6-16/h2-6,11-12,17,21H,7-10,13-15H2,1H3. The van der Waals surface area contributed by atoms with E-state index in [1.807, 2.05) is 42.5 Å². The van der Waals surface area contributed by atoms with Crippen LogP contribution in [0.2, 0.25) is 0 Å². The smallest absolute Gasteiger partial charge is 0.226 e. The first-order chi connectivity index (χ1) is 12.2. The first-order valence-corrected chi connectivity index (χ1v) is 9.18. The molecule has 4 rings (SSSR count). The Bertz CT molecular complexity index is 733. The van der Waals surface area contributed by atoms with E-state index in [9.17, 15) is 4.79 Å². The topological polar surface area (TPSA) is 50.2 Å². The van der Waals surface area contributed by atoms with Crippen molar-refractivity contribution in [3.05, 3.63) is 54.1 Å². The minimum absolute atomic E-state index is 0.220. The van der Waals surface area contributed by atoms with E-state index in [0.717, 1.165) is 44.7 Å². The summed E-state index contributed by atoms with van der Waals surface area (Å²) in [6.45, 7) is 3.46. The van der Waals surface area contributed by atoms with Crippen molar-refractivity contribution in [2.45, 2.75) is 32.4 Å². The van der Waals surface area contributed by atoms with Crippen molar-refractivity contribution < 1.29 is 4.79 Å². The number of hydrogen-bond donors (Lipinski definition) is 1. The van der Waals surface area contributed by atoms with Gasteiger partial charge >= 0.3 is 0 Å². The quantitative estimate of drug-likeness (QED) is 0.910. The highest BCUT2D eigenvalue weighted by atomic mass is 16.2. The number of nitrogens with zero attached hydrogens (tertiary/aromatic N) is 3. The third-order valence-corrected chi connectivity index (χ3v) is 5.84. The van der Waals surface area contributed by atoms with Gasteiger partial charge in [-0.05, 0) is 43.3 Å². The third-order valence-electron chi connectivity index (χ3n) is 5.84. The largest absolute Gasteiger partial charge is 0.338 e. The molecule has 1 atom stereocenters. The highest BCUT2D eigenvalue weighted by molar-refractivity contribution is 5.82. The molecular weight excluding hydrogens is 312 g/mol. The minimum Gasteiger partial charge on any atom is -0.338 e. The van der Waals surface area contributed by atoms with Gasteiger partial charge in [-0.2, -0.15) is 0 Å². The van der Waals surface area contributed by atoms with E-state index in [1.165, 1.54) is 5.56 Å². The van der Waals surface area contributed by atoms with Gasteiger partial charge in [-0.15, -0.1) is 0 Å². The van der Waals surface area contributed by atoms with Crippen LogP contribution in [0, 0.1) is 11.3 Å². The minimum atomic E-state index is 0.220. The molecule has 1 aromatic heterocycles. The van der Waals surface area contributed by atoms with Gasteiger partial charge in [0.05, 0.1) is 6.54 Å². The van der Waals surface area contributed by atoms with E-state index in [0.29, 0.717) is 6.54 Å². The second kappa shape index (κ2) is 6.64. The fraction of sp³-hybridized carbons (Fsp3) is 0.500. The van der Waals surface area contributed by atoms with Gasteiger partial charge in [-0.3, -0.25) is 4.79 Å². The first kappa shape index (κ1) is 16.3. The van der Waals surface area contributed by atoms with Gasteiger partial charge < -0.3 is 14.8 Å². The van der Waals surface area contributed by atoms with Crippen LogP contribution in [0.1, 0.15) is 30.7 Å². The number of carbonyl (C=O) groups excluding carboxylic acids is 1. The predicted octanol–water partition coefficient (Wildman–Crippen LogP) is 2.28. The Morgan fingerprint density at radius 2 is 2.08 bits per heavy atom. The summed E-state index contributed by atoms with van der Waals surface area (Å²) in [7, 11) is 1.91. The van der Waals surface area contributed by atoms with E-state index < -0.39 is 0 Å². The highest BCUT2D eigenvalue weighted by Crippen LogP contribution is 2.59. The molecule has 0 radical (unpaired) electrons. The third kappa shape index (κ3) is 3.33. The summed E-state index contributed by atoms with van der Waals surface area (Å²) in [6.07, 6.45) is 7.16. The predicted molar refractivity (Wildman–Crippen MR) is 96.9 cm³/mol. The van der Waals surface area contributed by atoms with E-state index in [-0.39, 0.29) is 17.2 Å². The molecule has 5 nitrogen and oxygen atoms in total. The number of hydrogen-bond acceptors (Lipinski definition) is 3. The van der Waals surface area contributed by atoms with Crippen LogP contribution in [-0.2, 0) is 17.9 Å². The first-order valence-electron chi connectivity index (χ1n) is 9.18. The summed E-state index contributed by atoms with van der Waals surface area (Å²) in [5.74, 6) is 1.45. The lowest BCUT2D eigenvalue weighted by Crippen LogP contribution is -2.34. The zero-order chi connectivity index (χ0) is 17.3. The molecule has 1 saturated carbocycles. The molecule has 1 spiro atoms. The SMILES string of the molecule is CN(Cc1nccn1Cc1ccccc1)C(=O)C1CC12CCNCC2. The number of piperidine rings is 1. The normalized spacial score (nSPS) is 21.2. The summed E-state index contributed by atoms with van der Waals surface area (Å²) in [4.78, 5) is 19.2. The highest BCUT2D eigenvalue weighted by Gasteiger charge is 2.58. The van der Waals surface area contributed by atoms with Gasteiger partial charge in [0.15, 0.2) is 0 Å². The van der Waals surface area contributed by atoms with Crippen molar-refractivity contribution in [3.63, 3.8) is 0 Å². The molecule has 2 heterocycles. The van der Waals surface area contributed by atoms with Crippen LogP contribution in [-0.4, -0.2) is 40.5 Å². The molecule has 1 aromatic carbocycles. The van der Waals surface area contributed by atoms with Gasteiger partial charge in [-0.25, -0.2) is 4.98 Å². The van der Waals surface area contributed by atoms with Crippen LogP contribution in [0.15, 0.2) is 42.7 Å². The Morgan fingerprint density at radius 1 is 1.32 bits per heavy atom. The molecule has 2 aliphatic rings. The molecule has 0 bridgehead atoms. The molecule has 1 aliphatic carbocycles. The number of aromatic nitrogens is 2. The molecule has 1 aliphatic heterocycles. The lowest BCUT2D eigenvalue weighted by Gasteiger charge is -2.25. The number of carbonyl (C=O) groups is 1. The fourth-order valence-electron chi connectivity index (χ4n) is 4.15. The van der Waals surface area contributed by atoms with Crippen molar-refractivity contribution in [1.29, 1.82) is 0 Å². The average molecular weight is 338 g/mol. The monoisotopic (exact) mass is 338 g/mol. The Labute approximate surface area is 149 Å². The van der Waals surface area contributed by atoms with Crippen LogP contribution >= 0.6 is 0 Å².